The Kier molecular flexibility index (Phi) is 4.73. The van der Waals surface area contributed by atoms with Gasteiger partial charge in [-0.3, -0.25) is 4.79 Å². The van der Waals surface area contributed by atoms with Crippen molar-refractivity contribution >= 4 is 21.6 Å². The van der Waals surface area contributed by atoms with Gasteiger partial charge in [-0.15, -0.1) is 0 Å². The zero-order valence-corrected chi connectivity index (χ0v) is 14.3. The molecule has 6 nitrogen and oxygen atoms in total. The normalized spacial score (nSPS) is 17.8. The molecular formula is C17H17FN2O4S. The summed E-state index contributed by atoms with van der Waals surface area (Å²) in [5.41, 5.74) is 0.651. The van der Waals surface area contributed by atoms with Gasteiger partial charge in [-0.1, -0.05) is 12.1 Å². The van der Waals surface area contributed by atoms with E-state index in [1.54, 1.807) is 31.4 Å². The van der Waals surface area contributed by atoms with Crippen LogP contribution in [0.5, 0.6) is 5.75 Å². The zero-order chi connectivity index (χ0) is 18.0. The molecule has 8 heteroatoms. The van der Waals surface area contributed by atoms with Gasteiger partial charge in [0.2, 0.25) is 15.9 Å². The highest BCUT2D eigenvalue weighted by Gasteiger charge is 2.36. The fraction of sp³-hybridized carbons (Fsp3) is 0.235. The molecule has 132 valence electrons. The molecule has 1 heterocycles. The van der Waals surface area contributed by atoms with E-state index in [0.717, 1.165) is 6.07 Å². The molecule has 2 aromatic carbocycles. The first-order chi connectivity index (χ1) is 11.9. The summed E-state index contributed by atoms with van der Waals surface area (Å²) in [4.78, 5) is 13.6. The summed E-state index contributed by atoms with van der Waals surface area (Å²) in [5, 5.41) is 0. The van der Waals surface area contributed by atoms with E-state index in [2.05, 4.69) is 4.72 Å². The maximum Gasteiger partial charge on any atom is 0.245 e. The van der Waals surface area contributed by atoms with Crippen molar-refractivity contribution in [1.29, 1.82) is 0 Å². The third-order valence-electron chi connectivity index (χ3n) is 4.01. The summed E-state index contributed by atoms with van der Waals surface area (Å²) < 4.78 is 45.8. The van der Waals surface area contributed by atoms with Crippen LogP contribution in [0.3, 0.4) is 0 Å². The third-order valence-corrected chi connectivity index (χ3v) is 5.52. The number of amides is 1. The number of hydrogen-bond donors (Lipinski definition) is 1. The number of methoxy groups -OCH3 is 1. The minimum atomic E-state index is -4.12. The fourth-order valence-corrected chi connectivity index (χ4v) is 4.02. The molecule has 0 aliphatic carbocycles. The number of rotatable bonds is 5. The number of nitrogens with zero attached hydrogens (tertiary/aromatic N) is 1. The summed E-state index contributed by atoms with van der Waals surface area (Å²) in [6.07, 6.45) is 0.304. The Hall–Kier alpha value is -2.45. The fourth-order valence-electron chi connectivity index (χ4n) is 2.72. The van der Waals surface area contributed by atoms with Crippen LogP contribution in [0.1, 0.15) is 6.42 Å². The molecule has 0 radical (unpaired) electrons. The van der Waals surface area contributed by atoms with Crippen molar-refractivity contribution in [3.63, 3.8) is 0 Å². The standard InChI is InChI=1S/C17H17FN2O4S/c1-24-13-8-6-12(7-9-13)20-11-10-15(17(20)21)19-25(22,23)16-5-3-2-4-14(16)18/h2-9,15,19H,10-11H2,1H3/t15-/m0/s1. The van der Waals surface area contributed by atoms with Crippen molar-refractivity contribution in [2.45, 2.75) is 17.4 Å². The molecule has 1 aliphatic rings. The molecule has 1 saturated heterocycles. The first kappa shape index (κ1) is 17.4. The van der Waals surface area contributed by atoms with E-state index in [9.17, 15) is 17.6 Å². The van der Waals surface area contributed by atoms with Crippen molar-refractivity contribution in [3.8, 4) is 5.75 Å². The number of sulfonamides is 1. The van der Waals surface area contributed by atoms with Gasteiger partial charge in [0.25, 0.3) is 0 Å². The van der Waals surface area contributed by atoms with Gasteiger partial charge in [0, 0.05) is 12.2 Å². The van der Waals surface area contributed by atoms with Gasteiger partial charge < -0.3 is 9.64 Å². The summed E-state index contributed by atoms with van der Waals surface area (Å²) in [7, 11) is -2.57. The van der Waals surface area contributed by atoms with Gasteiger partial charge in [-0.25, -0.2) is 12.8 Å². The molecule has 25 heavy (non-hydrogen) atoms. The smallest absolute Gasteiger partial charge is 0.245 e. The van der Waals surface area contributed by atoms with Crippen LogP contribution < -0.4 is 14.4 Å². The summed E-state index contributed by atoms with van der Waals surface area (Å²) in [6, 6.07) is 11.0. The number of halogens is 1. The lowest BCUT2D eigenvalue weighted by Gasteiger charge is -2.17. The number of ether oxygens (including phenoxy) is 1. The molecule has 3 rings (SSSR count). The Morgan fingerprint density at radius 3 is 2.48 bits per heavy atom. The maximum atomic E-state index is 13.7. The van der Waals surface area contributed by atoms with E-state index in [0.29, 0.717) is 24.4 Å². The van der Waals surface area contributed by atoms with Crippen LogP contribution in [0.4, 0.5) is 10.1 Å². The molecule has 1 amide bonds. The van der Waals surface area contributed by atoms with Crippen molar-refractivity contribution < 1.29 is 22.3 Å². The number of benzene rings is 2. The van der Waals surface area contributed by atoms with E-state index >= 15 is 0 Å². The number of hydrogen-bond acceptors (Lipinski definition) is 4. The van der Waals surface area contributed by atoms with E-state index in [1.807, 2.05) is 0 Å². The molecule has 1 atom stereocenters. The zero-order valence-electron chi connectivity index (χ0n) is 13.5. The van der Waals surface area contributed by atoms with Crippen LogP contribution >= 0.6 is 0 Å². The lowest BCUT2D eigenvalue weighted by atomic mass is 10.2. The van der Waals surface area contributed by atoms with Crippen LogP contribution in [-0.2, 0) is 14.8 Å². The monoisotopic (exact) mass is 364 g/mol. The van der Waals surface area contributed by atoms with Gasteiger partial charge in [-0.2, -0.15) is 4.72 Å². The van der Waals surface area contributed by atoms with E-state index in [-0.39, 0.29) is 5.91 Å². The molecule has 2 aromatic rings. The Labute approximate surface area is 145 Å². The number of nitrogens with one attached hydrogen (secondary N) is 1. The second-order valence-electron chi connectivity index (χ2n) is 5.58. The average molecular weight is 364 g/mol. The van der Waals surface area contributed by atoms with Crippen molar-refractivity contribution in [2.75, 3.05) is 18.6 Å². The Bertz CT molecular complexity index is 884. The second kappa shape index (κ2) is 6.81. The predicted molar refractivity (Wildman–Crippen MR) is 90.5 cm³/mol. The van der Waals surface area contributed by atoms with Crippen molar-refractivity contribution in [3.05, 3.63) is 54.3 Å². The van der Waals surface area contributed by atoms with Gasteiger partial charge >= 0.3 is 0 Å². The quantitative estimate of drug-likeness (QED) is 0.880. The largest absolute Gasteiger partial charge is 0.497 e. The lowest BCUT2D eigenvalue weighted by molar-refractivity contribution is -0.118. The molecule has 0 aromatic heterocycles. The molecule has 0 unspecified atom stereocenters. The average Bonchev–Trinajstić information content (AvgIpc) is 2.95. The van der Waals surface area contributed by atoms with Gasteiger partial charge in [-0.05, 0) is 42.8 Å². The molecule has 0 saturated carbocycles. The van der Waals surface area contributed by atoms with Crippen LogP contribution in [0.25, 0.3) is 0 Å². The molecule has 1 fully saturated rings. The first-order valence-corrected chi connectivity index (χ1v) is 9.13. The third kappa shape index (κ3) is 3.49. The maximum absolute atomic E-state index is 13.7. The Morgan fingerprint density at radius 1 is 1.16 bits per heavy atom. The number of carbonyl (C=O) groups is 1. The van der Waals surface area contributed by atoms with Gasteiger partial charge in [0.05, 0.1) is 7.11 Å². The highest BCUT2D eigenvalue weighted by molar-refractivity contribution is 7.89. The van der Waals surface area contributed by atoms with Crippen molar-refractivity contribution in [1.82, 2.24) is 4.72 Å². The molecule has 0 spiro atoms. The molecular weight excluding hydrogens is 347 g/mol. The van der Waals surface area contributed by atoms with E-state index in [4.69, 9.17) is 4.74 Å². The van der Waals surface area contributed by atoms with Gasteiger partial charge in [0.1, 0.15) is 22.5 Å². The summed E-state index contributed by atoms with van der Waals surface area (Å²) in [5.74, 6) is -0.565. The highest BCUT2D eigenvalue weighted by atomic mass is 32.2. The Balaban J connectivity index is 1.77. The summed E-state index contributed by atoms with van der Waals surface area (Å²) >= 11 is 0. The number of carbonyl (C=O) groups excluding carboxylic acids is 1. The van der Waals surface area contributed by atoms with Crippen LogP contribution in [-0.4, -0.2) is 34.0 Å². The SMILES string of the molecule is COc1ccc(N2CC[C@H](NS(=O)(=O)c3ccccc3F)C2=O)cc1. The van der Waals surface area contributed by atoms with Gasteiger partial charge in [0.15, 0.2) is 0 Å². The van der Waals surface area contributed by atoms with Crippen molar-refractivity contribution in [2.24, 2.45) is 0 Å². The minimum Gasteiger partial charge on any atom is -0.497 e. The second-order valence-corrected chi connectivity index (χ2v) is 7.26. The number of anilines is 1. The van der Waals surface area contributed by atoms with Crippen LogP contribution in [0.2, 0.25) is 0 Å². The van der Waals surface area contributed by atoms with Crippen LogP contribution in [0.15, 0.2) is 53.4 Å². The highest BCUT2D eigenvalue weighted by Crippen LogP contribution is 2.25. The van der Waals surface area contributed by atoms with E-state index in [1.165, 1.54) is 23.1 Å². The lowest BCUT2D eigenvalue weighted by Crippen LogP contribution is -2.41. The topological polar surface area (TPSA) is 75.7 Å². The van der Waals surface area contributed by atoms with E-state index < -0.39 is 26.8 Å². The van der Waals surface area contributed by atoms with Crippen LogP contribution in [0, 0.1) is 5.82 Å². The predicted octanol–water partition coefficient (Wildman–Crippen LogP) is 1.92. The molecule has 1 aliphatic heterocycles. The molecule has 0 bridgehead atoms. The first-order valence-electron chi connectivity index (χ1n) is 7.64. The molecule has 1 N–H and O–H groups in total. The minimum absolute atomic E-state index is 0.304. The summed E-state index contributed by atoms with van der Waals surface area (Å²) in [6.45, 7) is 0.371. The Morgan fingerprint density at radius 2 is 1.84 bits per heavy atom.